The summed E-state index contributed by atoms with van der Waals surface area (Å²) in [5.41, 5.74) is 1.97. The van der Waals surface area contributed by atoms with Crippen molar-refractivity contribution in [3.05, 3.63) is 47.5 Å². The fraction of sp³-hybridized carbons (Fsp3) is 0.438. The molecule has 0 saturated carbocycles. The van der Waals surface area contributed by atoms with Crippen LogP contribution in [0.4, 0.5) is 4.39 Å². The summed E-state index contributed by atoms with van der Waals surface area (Å²) >= 11 is 0. The highest BCUT2D eigenvalue weighted by Gasteiger charge is 2.23. The van der Waals surface area contributed by atoms with Crippen LogP contribution in [0.5, 0.6) is 5.75 Å². The van der Waals surface area contributed by atoms with Gasteiger partial charge in [0, 0.05) is 24.7 Å². The zero-order valence-corrected chi connectivity index (χ0v) is 12.2. The maximum atomic E-state index is 13.2. The number of fused-ring (bicyclic) bond motifs is 1. The van der Waals surface area contributed by atoms with Gasteiger partial charge in [0.1, 0.15) is 17.7 Å². The molecule has 1 aromatic heterocycles. The molecular weight excluding hydrogens is 269 g/mol. The molecule has 0 aliphatic carbocycles. The zero-order valence-electron chi connectivity index (χ0n) is 12.2. The number of hydrogen-bond donors (Lipinski definition) is 1. The predicted molar refractivity (Wildman–Crippen MR) is 78.7 cm³/mol. The minimum absolute atomic E-state index is 0.0261. The normalized spacial score (nSPS) is 16.8. The minimum Gasteiger partial charge on any atom is -0.488 e. The summed E-state index contributed by atoms with van der Waals surface area (Å²) in [6, 6.07) is 6.71. The number of ether oxygens (including phenoxy) is 1. The van der Waals surface area contributed by atoms with E-state index >= 15 is 0 Å². The van der Waals surface area contributed by atoms with E-state index in [1.807, 2.05) is 16.9 Å². The van der Waals surface area contributed by atoms with Gasteiger partial charge in [-0.3, -0.25) is 4.68 Å². The van der Waals surface area contributed by atoms with Gasteiger partial charge in [-0.1, -0.05) is 6.92 Å². The summed E-state index contributed by atoms with van der Waals surface area (Å²) in [5, 5.41) is 7.86. The lowest BCUT2D eigenvalue weighted by molar-refractivity contribution is 0.203. The van der Waals surface area contributed by atoms with Crippen LogP contribution in [0.3, 0.4) is 0 Å². The van der Waals surface area contributed by atoms with Crippen molar-refractivity contribution in [3.63, 3.8) is 0 Å². The molecule has 0 radical (unpaired) electrons. The van der Waals surface area contributed by atoms with Crippen molar-refractivity contribution in [2.24, 2.45) is 0 Å². The molecule has 2 heterocycles. The van der Waals surface area contributed by atoms with Crippen LogP contribution in [-0.2, 0) is 19.5 Å². The van der Waals surface area contributed by atoms with Crippen LogP contribution >= 0.6 is 0 Å². The monoisotopic (exact) mass is 289 g/mol. The largest absolute Gasteiger partial charge is 0.488 e. The quantitative estimate of drug-likeness (QED) is 0.831. The lowest BCUT2D eigenvalue weighted by Gasteiger charge is -2.10. The van der Waals surface area contributed by atoms with Gasteiger partial charge in [0.05, 0.1) is 12.2 Å². The van der Waals surface area contributed by atoms with E-state index in [2.05, 4.69) is 17.3 Å². The third-order valence-electron chi connectivity index (χ3n) is 3.58. The molecule has 1 unspecified atom stereocenters. The topological polar surface area (TPSA) is 39.1 Å². The van der Waals surface area contributed by atoms with E-state index in [9.17, 15) is 4.39 Å². The van der Waals surface area contributed by atoms with Crippen LogP contribution in [0, 0.1) is 5.82 Å². The molecule has 21 heavy (non-hydrogen) atoms. The summed E-state index contributed by atoms with van der Waals surface area (Å²) in [4.78, 5) is 0. The van der Waals surface area contributed by atoms with E-state index < -0.39 is 0 Å². The van der Waals surface area contributed by atoms with Crippen LogP contribution in [0.15, 0.2) is 30.5 Å². The summed E-state index contributed by atoms with van der Waals surface area (Å²) in [7, 11) is 0. The van der Waals surface area contributed by atoms with Gasteiger partial charge in [0.15, 0.2) is 0 Å². The summed E-state index contributed by atoms with van der Waals surface area (Å²) < 4.78 is 20.9. The van der Waals surface area contributed by atoms with Gasteiger partial charge in [0.25, 0.3) is 0 Å². The second-order valence-electron chi connectivity index (χ2n) is 5.40. The highest BCUT2D eigenvalue weighted by molar-refractivity contribution is 5.37. The fourth-order valence-corrected chi connectivity index (χ4v) is 2.59. The molecule has 1 atom stereocenters. The Kier molecular flexibility index (Phi) is 4.20. The molecule has 5 heteroatoms. The average Bonchev–Trinajstić information content (AvgIpc) is 3.05. The molecule has 3 rings (SSSR count). The van der Waals surface area contributed by atoms with Gasteiger partial charge in [0.2, 0.25) is 0 Å². The number of rotatable bonds is 6. The lowest BCUT2D eigenvalue weighted by atomic mass is 10.1. The Morgan fingerprint density at radius 2 is 2.33 bits per heavy atom. The van der Waals surface area contributed by atoms with Crippen LogP contribution in [-0.4, -0.2) is 22.4 Å². The highest BCUT2D eigenvalue weighted by atomic mass is 19.1. The highest BCUT2D eigenvalue weighted by Crippen LogP contribution is 2.29. The van der Waals surface area contributed by atoms with Crippen molar-refractivity contribution < 1.29 is 9.13 Å². The molecule has 1 aromatic carbocycles. The summed E-state index contributed by atoms with van der Waals surface area (Å²) in [6.45, 7) is 4.62. The standard InChI is InChI=1S/C16H20FN3O/c1-2-6-18-10-14-5-7-20(19-14)11-15-9-12-8-13(17)3-4-16(12)21-15/h3-5,7-8,15,18H,2,6,9-11H2,1H3. The molecule has 0 saturated heterocycles. The molecule has 1 aliphatic heterocycles. The third-order valence-corrected chi connectivity index (χ3v) is 3.58. The second kappa shape index (κ2) is 6.26. The molecule has 1 aliphatic rings. The predicted octanol–water partition coefficient (Wildman–Crippen LogP) is 2.53. The van der Waals surface area contributed by atoms with E-state index in [4.69, 9.17) is 4.74 Å². The molecule has 0 fully saturated rings. The van der Waals surface area contributed by atoms with Gasteiger partial charge in [-0.05, 0) is 37.2 Å². The van der Waals surface area contributed by atoms with E-state index in [1.54, 1.807) is 12.1 Å². The molecule has 4 nitrogen and oxygen atoms in total. The molecule has 112 valence electrons. The van der Waals surface area contributed by atoms with Crippen molar-refractivity contribution >= 4 is 0 Å². The van der Waals surface area contributed by atoms with Crippen molar-refractivity contribution in [2.75, 3.05) is 6.54 Å². The Morgan fingerprint density at radius 3 is 3.19 bits per heavy atom. The summed E-state index contributed by atoms with van der Waals surface area (Å²) in [5.74, 6) is 0.583. The first-order chi connectivity index (χ1) is 10.2. The number of halogens is 1. The Hall–Kier alpha value is -1.88. The van der Waals surface area contributed by atoms with Gasteiger partial charge in [-0.25, -0.2) is 4.39 Å². The smallest absolute Gasteiger partial charge is 0.123 e. The average molecular weight is 289 g/mol. The van der Waals surface area contributed by atoms with Crippen molar-refractivity contribution in [1.29, 1.82) is 0 Å². The van der Waals surface area contributed by atoms with Gasteiger partial charge in [-0.15, -0.1) is 0 Å². The number of benzene rings is 1. The van der Waals surface area contributed by atoms with E-state index in [0.29, 0.717) is 6.54 Å². The maximum absolute atomic E-state index is 13.2. The van der Waals surface area contributed by atoms with E-state index in [1.165, 1.54) is 6.07 Å². The first-order valence-electron chi connectivity index (χ1n) is 7.42. The first kappa shape index (κ1) is 14.1. The van der Waals surface area contributed by atoms with Gasteiger partial charge in [-0.2, -0.15) is 5.10 Å². The van der Waals surface area contributed by atoms with E-state index in [0.717, 1.165) is 42.9 Å². The molecule has 0 bridgehead atoms. The fourth-order valence-electron chi connectivity index (χ4n) is 2.59. The molecular formula is C16H20FN3O. The number of hydrogen-bond acceptors (Lipinski definition) is 3. The van der Waals surface area contributed by atoms with Crippen LogP contribution < -0.4 is 10.1 Å². The number of nitrogens with zero attached hydrogens (tertiary/aromatic N) is 2. The SMILES string of the molecule is CCCNCc1ccn(CC2Cc3cc(F)ccc3O2)n1. The van der Waals surface area contributed by atoms with Crippen molar-refractivity contribution in [1.82, 2.24) is 15.1 Å². The lowest BCUT2D eigenvalue weighted by Crippen LogP contribution is -2.21. The van der Waals surface area contributed by atoms with Gasteiger partial charge >= 0.3 is 0 Å². The molecule has 2 aromatic rings. The summed E-state index contributed by atoms with van der Waals surface area (Å²) in [6.07, 6.45) is 3.84. The first-order valence-corrected chi connectivity index (χ1v) is 7.42. The molecule has 0 spiro atoms. The van der Waals surface area contributed by atoms with Crippen LogP contribution in [0.2, 0.25) is 0 Å². The van der Waals surface area contributed by atoms with Crippen LogP contribution in [0.25, 0.3) is 0 Å². The third kappa shape index (κ3) is 3.42. The van der Waals surface area contributed by atoms with E-state index in [-0.39, 0.29) is 11.9 Å². The van der Waals surface area contributed by atoms with Crippen LogP contribution in [0.1, 0.15) is 24.6 Å². The minimum atomic E-state index is -0.207. The Bertz CT molecular complexity index is 611. The molecule has 1 N–H and O–H groups in total. The zero-order chi connectivity index (χ0) is 14.7. The number of nitrogens with one attached hydrogen (secondary N) is 1. The molecule has 0 amide bonds. The Labute approximate surface area is 123 Å². The Morgan fingerprint density at radius 1 is 1.43 bits per heavy atom. The second-order valence-corrected chi connectivity index (χ2v) is 5.40. The maximum Gasteiger partial charge on any atom is 0.123 e. The van der Waals surface area contributed by atoms with Crippen molar-refractivity contribution in [2.45, 2.75) is 39.0 Å². The van der Waals surface area contributed by atoms with Gasteiger partial charge < -0.3 is 10.1 Å². The number of aromatic nitrogens is 2. The van der Waals surface area contributed by atoms with Crippen molar-refractivity contribution in [3.8, 4) is 5.75 Å². The Balaban J connectivity index is 1.56.